The molecule has 0 radical (unpaired) electrons. The predicted molar refractivity (Wildman–Crippen MR) is 73.1 cm³/mol. The third-order valence-corrected chi connectivity index (χ3v) is 3.55. The van der Waals surface area contributed by atoms with E-state index in [1.165, 1.54) is 24.8 Å². The molecule has 108 valence electrons. The quantitative estimate of drug-likeness (QED) is 0.839. The van der Waals surface area contributed by atoms with E-state index in [9.17, 15) is 9.59 Å². The van der Waals surface area contributed by atoms with Crippen molar-refractivity contribution in [1.29, 1.82) is 0 Å². The Kier molecular flexibility index (Phi) is 4.61. The predicted octanol–water partition coefficient (Wildman–Crippen LogP) is 2.65. The molecule has 0 bridgehead atoms. The van der Waals surface area contributed by atoms with Crippen LogP contribution < -0.4 is 5.73 Å². The van der Waals surface area contributed by atoms with Gasteiger partial charge >= 0.3 is 12.1 Å². The molecule has 1 aliphatic carbocycles. The van der Waals surface area contributed by atoms with E-state index >= 15 is 0 Å². The number of carbonyl (C=O) groups is 2. The van der Waals surface area contributed by atoms with Gasteiger partial charge in [0.25, 0.3) is 0 Å². The summed E-state index contributed by atoms with van der Waals surface area (Å²) in [6.07, 6.45) is 1.59. The minimum Gasteiger partial charge on any atom is -0.463 e. The van der Waals surface area contributed by atoms with Crippen LogP contribution in [0.4, 0.5) is 4.79 Å². The molecule has 1 amide bonds. The van der Waals surface area contributed by atoms with Crippen LogP contribution in [0.25, 0.3) is 0 Å². The van der Waals surface area contributed by atoms with Crippen LogP contribution in [0.15, 0.2) is 24.3 Å². The zero-order chi connectivity index (χ0) is 14.5. The number of ether oxygens (including phenoxy) is 2. The molecule has 1 saturated carbocycles. The Labute approximate surface area is 118 Å². The summed E-state index contributed by atoms with van der Waals surface area (Å²) in [5.41, 5.74) is 6.83. The van der Waals surface area contributed by atoms with Gasteiger partial charge in [-0.2, -0.15) is 0 Å². The lowest BCUT2D eigenvalue weighted by atomic mass is 9.80. The number of amides is 1. The number of benzene rings is 1. The molecule has 1 fully saturated rings. The highest BCUT2D eigenvalue weighted by atomic mass is 16.6. The maximum atomic E-state index is 11.8. The average Bonchev–Trinajstić information content (AvgIpc) is 2.35. The minimum absolute atomic E-state index is 0.220. The first-order valence-corrected chi connectivity index (χ1v) is 6.84. The summed E-state index contributed by atoms with van der Waals surface area (Å²) >= 11 is 0. The Morgan fingerprint density at radius 1 is 1.30 bits per heavy atom. The van der Waals surface area contributed by atoms with Gasteiger partial charge in [0.1, 0.15) is 0 Å². The molecule has 5 nitrogen and oxygen atoms in total. The van der Waals surface area contributed by atoms with Crippen molar-refractivity contribution in [2.75, 3.05) is 6.61 Å². The van der Waals surface area contributed by atoms with Gasteiger partial charge in [-0.15, -0.1) is 0 Å². The molecule has 5 heteroatoms. The lowest BCUT2D eigenvalue weighted by Crippen LogP contribution is -2.25. The van der Waals surface area contributed by atoms with Crippen LogP contribution in [-0.2, 0) is 14.3 Å². The molecule has 20 heavy (non-hydrogen) atoms. The molecule has 1 unspecified atom stereocenters. The van der Waals surface area contributed by atoms with Crippen LogP contribution in [0, 0.1) is 0 Å². The Morgan fingerprint density at radius 2 is 1.95 bits per heavy atom. The van der Waals surface area contributed by atoms with Crippen LogP contribution in [0.1, 0.15) is 49.3 Å². The van der Waals surface area contributed by atoms with E-state index in [1.807, 2.05) is 12.1 Å². The van der Waals surface area contributed by atoms with Crippen molar-refractivity contribution in [3.63, 3.8) is 0 Å². The summed E-state index contributed by atoms with van der Waals surface area (Å²) in [7, 11) is 0. The van der Waals surface area contributed by atoms with Crippen molar-refractivity contribution in [3.05, 3.63) is 35.4 Å². The van der Waals surface area contributed by atoms with E-state index < -0.39 is 18.2 Å². The second-order valence-corrected chi connectivity index (χ2v) is 4.86. The van der Waals surface area contributed by atoms with Crippen LogP contribution in [0.5, 0.6) is 0 Å². The number of hydrogen-bond donors (Lipinski definition) is 1. The van der Waals surface area contributed by atoms with Gasteiger partial charge < -0.3 is 15.2 Å². The van der Waals surface area contributed by atoms with Gasteiger partial charge in [-0.05, 0) is 31.2 Å². The van der Waals surface area contributed by atoms with Crippen LogP contribution >= 0.6 is 0 Å². The Morgan fingerprint density at radius 3 is 2.40 bits per heavy atom. The molecular weight excluding hydrogens is 258 g/mol. The molecule has 2 N–H and O–H groups in total. The van der Waals surface area contributed by atoms with Crippen molar-refractivity contribution in [2.24, 2.45) is 5.73 Å². The van der Waals surface area contributed by atoms with Gasteiger partial charge in [0, 0.05) is 5.56 Å². The van der Waals surface area contributed by atoms with Crippen molar-refractivity contribution in [3.8, 4) is 0 Å². The number of esters is 1. The highest BCUT2D eigenvalue weighted by Crippen LogP contribution is 2.36. The fraction of sp³-hybridized carbons (Fsp3) is 0.467. The number of carbonyl (C=O) groups excluding carboxylic acids is 2. The Hall–Kier alpha value is -2.04. The maximum Gasteiger partial charge on any atom is 0.405 e. The van der Waals surface area contributed by atoms with E-state index in [1.54, 1.807) is 19.1 Å². The van der Waals surface area contributed by atoms with E-state index in [0.717, 1.165) is 0 Å². The van der Waals surface area contributed by atoms with Gasteiger partial charge in [0.05, 0.1) is 6.61 Å². The monoisotopic (exact) mass is 277 g/mol. The first-order valence-electron chi connectivity index (χ1n) is 6.84. The maximum absolute atomic E-state index is 11.8. The van der Waals surface area contributed by atoms with Gasteiger partial charge in [0.15, 0.2) is 0 Å². The van der Waals surface area contributed by atoms with Crippen molar-refractivity contribution >= 4 is 12.1 Å². The van der Waals surface area contributed by atoms with E-state index in [-0.39, 0.29) is 6.61 Å². The van der Waals surface area contributed by atoms with Crippen molar-refractivity contribution in [1.82, 2.24) is 0 Å². The smallest absolute Gasteiger partial charge is 0.405 e. The molecule has 1 aromatic rings. The van der Waals surface area contributed by atoms with Gasteiger partial charge in [-0.25, -0.2) is 9.59 Å². The van der Waals surface area contributed by atoms with Crippen LogP contribution in [0.2, 0.25) is 0 Å². The summed E-state index contributed by atoms with van der Waals surface area (Å²) in [6, 6.07) is 7.52. The fourth-order valence-electron chi connectivity index (χ4n) is 2.27. The highest BCUT2D eigenvalue weighted by Gasteiger charge is 2.26. The summed E-state index contributed by atoms with van der Waals surface area (Å²) in [6.45, 7) is 1.91. The first kappa shape index (κ1) is 14.4. The normalized spacial score (nSPS) is 16.1. The fourth-order valence-corrected chi connectivity index (χ4v) is 2.27. The molecular formula is C15H19NO4. The number of primary amides is 1. The summed E-state index contributed by atoms with van der Waals surface area (Å²) in [5.74, 6) is 0.00449. The molecule has 1 aliphatic rings. The van der Waals surface area contributed by atoms with Crippen LogP contribution in [0.3, 0.4) is 0 Å². The van der Waals surface area contributed by atoms with Crippen LogP contribution in [-0.4, -0.2) is 18.7 Å². The second kappa shape index (κ2) is 6.41. The second-order valence-electron chi connectivity index (χ2n) is 4.86. The summed E-state index contributed by atoms with van der Waals surface area (Å²) in [5, 5.41) is 0. The van der Waals surface area contributed by atoms with Crippen molar-refractivity contribution < 1.29 is 19.1 Å². The highest BCUT2D eigenvalue weighted by molar-refractivity contribution is 5.79. The lowest BCUT2D eigenvalue weighted by molar-refractivity contribution is -0.153. The standard InChI is InChI=1S/C15H19NO4/c1-2-19-14(17)13(20-15(16)18)12-8-6-11(7-9-12)10-4-3-5-10/h6-10,13H,2-5H2,1H3,(H2,16,18). The molecule has 1 aromatic carbocycles. The van der Waals surface area contributed by atoms with E-state index in [4.69, 9.17) is 15.2 Å². The Balaban J connectivity index is 2.14. The summed E-state index contributed by atoms with van der Waals surface area (Å²) < 4.78 is 9.75. The molecule has 2 rings (SSSR count). The third-order valence-electron chi connectivity index (χ3n) is 3.55. The van der Waals surface area contributed by atoms with Gasteiger partial charge in [0.2, 0.25) is 6.10 Å². The molecule has 1 atom stereocenters. The zero-order valence-corrected chi connectivity index (χ0v) is 11.5. The molecule has 0 spiro atoms. The number of hydrogen-bond acceptors (Lipinski definition) is 4. The lowest BCUT2D eigenvalue weighted by Gasteiger charge is -2.26. The molecule has 0 aromatic heterocycles. The molecule has 0 aliphatic heterocycles. The van der Waals surface area contributed by atoms with E-state index in [0.29, 0.717) is 11.5 Å². The minimum atomic E-state index is -1.09. The average molecular weight is 277 g/mol. The first-order chi connectivity index (χ1) is 9.61. The number of rotatable bonds is 5. The van der Waals surface area contributed by atoms with E-state index in [2.05, 4.69) is 0 Å². The van der Waals surface area contributed by atoms with Crippen molar-refractivity contribution in [2.45, 2.75) is 38.2 Å². The topological polar surface area (TPSA) is 78.6 Å². The third kappa shape index (κ3) is 3.29. The van der Waals surface area contributed by atoms with Gasteiger partial charge in [-0.3, -0.25) is 0 Å². The largest absolute Gasteiger partial charge is 0.463 e. The molecule has 0 saturated heterocycles. The number of nitrogens with two attached hydrogens (primary N) is 1. The molecule has 0 heterocycles. The Bertz CT molecular complexity index is 479. The summed E-state index contributed by atoms with van der Waals surface area (Å²) in [4.78, 5) is 22.7. The SMILES string of the molecule is CCOC(=O)C(OC(N)=O)c1ccc(C2CCC2)cc1. The zero-order valence-electron chi connectivity index (χ0n) is 11.5. The van der Waals surface area contributed by atoms with Gasteiger partial charge in [-0.1, -0.05) is 30.7 Å².